The molecule has 4 aliphatic rings. The van der Waals surface area contributed by atoms with Crippen molar-refractivity contribution in [3.05, 3.63) is 11.6 Å². The summed E-state index contributed by atoms with van der Waals surface area (Å²) in [4.78, 5) is 11.9. The summed E-state index contributed by atoms with van der Waals surface area (Å²) in [5.41, 5.74) is 8.36. The zero-order valence-corrected chi connectivity index (χ0v) is 17.8. The number of rotatable bonds is 3. The number of hydrogen-bond acceptors (Lipinski definition) is 3. The third kappa shape index (κ3) is 2.60. The maximum absolute atomic E-state index is 11.9. The number of ketones is 1. The third-order valence-electron chi connectivity index (χ3n) is 8.59. The highest BCUT2D eigenvalue weighted by Gasteiger charge is 2.63. The van der Waals surface area contributed by atoms with Gasteiger partial charge in [-0.1, -0.05) is 29.5 Å². The van der Waals surface area contributed by atoms with Crippen LogP contribution >= 0.6 is 22.6 Å². The van der Waals surface area contributed by atoms with Crippen LogP contribution in [0.3, 0.4) is 0 Å². The number of carbonyl (C=O) groups excluding carboxylic acids is 1. The van der Waals surface area contributed by atoms with E-state index in [2.05, 4.69) is 36.4 Å². The molecule has 0 aromatic rings. The molecule has 4 rings (SSSR count). The molecule has 0 bridgehead atoms. The van der Waals surface area contributed by atoms with Crippen LogP contribution in [0.15, 0.2) is 11.6 Å². The number of ether oxygens (including phenoxy) is 1. The highest BCUT2D eigenvalue weighted by atomic mass is 127. The molecular weight excluding hydrogens is 425 g/mol. The van der Waals surface area contributed by atoms with E-state index in [1.807, 2.05) is 6.08 Å². The van der Waals surface area contributed by atoms with Gasteiger partial charge in [0, 0.05) is 16.4 Å². The molecule has 0 radical (unpaired) electrons. The molecule has 3 fully saturated rings. The molecule has 5 unspecified atom stereocenters. The Hall–Kier alpha value is 0.0600. The molecule has 4 aliphatic carbocycles. The Morgan fingerprint density at radius 1 is 1.16 bits per heavy atom. The lowest BCUT2D eigenvalue weighted by Gasteiger charge is -2.59. The second-order valence-corrected chi connectivity index (χ2v) is 10.4. The van der Waals surface area contributed by atoms with Gasteiger partial charge in [0.2, 0.25) is 0 Å². The van der Waals surface area contributed by atoms with Crippen molar-refractivity contribution in [2.45, 2.75) is 76.4 Å². The number of carbonyl (C=O) groups is 1. The maximum Gasteiger partial charge on any atom is 0.155 e. The molecule has 0 aromatic carbocycles. The van der Waals surface area contributed by atoms with Gasteiger partial charge in [-0.15, -0.1) is 0 Å². The molecule has 2 N–H and O–H groups in total. The molecule has 0 amide bonds. The van der Waals surface area contributed by atoms with Crippen molar-refractivity contribution in [2.75, 3.05) is 11.0 Å². The van der Waals surface area contributed by atoms with E-state index in [1.165, 1.54) is 37.7 Å². The van der Waals surface area contributed by atoms with Gasteiger partial charge in [-0.25, -0.2) is 0 Å². The van der Waals surface area contributed by atoms with Crippen LogP contribution in [0.4, 0.5) is 0 Å². The second kappa shape index (κ2) is 6.30. The number of hydrogen-bond donors (Lipinski definition) is 1. The van der Waals surface area contributed by atoms with Crippen molar-refractivity contribution in [3.63, 3.8) is 0 Å². The number of fused-ring (bicyclic) bond motifs is 5. The average molecular weight is 457 g/mol. The fraction of sp³-hybridized carbons (Fsp3) is 0.857. The SMILES string of the molecule is CC1(OCCI)CCC2C3CCC4=CC(=O)CC[C@]4(N)C3CCC21C. The van der Waals surface area contributed by atoms with Crippen LogP contribution < -0.4 is 5.73 Å². The van der Waals surface area contributed by atoms with Crippen LogP contribution in [0.5, 0.6) is 0 Å². The minimum Gasteiger partial charge on any atom is -0.374 e. The fourth-order valence-electron chi connectivity index (χ4n) is 7.00. The van der Waals surface area contributed by atoms with Gasteiger partial charge in [-0.2, -0.15) is 0 Å². The summed E-state index contributed by atoms with van der Waals surface area (Å²) in [5.74, 6) is 2.28. The van der Waals surface area contributed by atoms with Gasteiger partial charge in [0.1, 0.15) is 0 Å². The summed E-state index contributed by atoms with van der Waals surface area (Å²) in [7, 11) is 0. The van der Waals surface area contributed by atoms with Crippen molar-refractivity contribution in [2.24, 2.45) is 28.9 Å². The van der Waals surface area contributed by atoms with E-state index in [4.69, 9.17) is 10.5 Å². The van der Waals surface area contributed by atoms with Crippen molar-refractivity contribution >= 4 is 28.4 Å². The number of alkyl halides is 1. The first kappa shape index (κ1) is 18.4. The van der Waals surface area contributed by atoms with Crippen molar-refractivity contribution < 1.29 is 9.53 Å². The molecule has 25 heavy (non-hydrogen) atoms. The van der Waals surface area contributed by atoms with Crippen LogP contribution in [0.1, 0.15) is 65.2 Å². The summed E-state index contributed by atoms with van der Waals surface area (Å²) in [6.07, 6.45) is 10.5. The molecule has 6 atom stereocenters. The van der Waals surface area contributed by atoms with Gasteiger partial charge in [0.05, 0.1) is 12.2 Å². The molecule has 0 aliphatic heterocycles. The number of halogens is 1. The van der Waals surface area contributed by atoms with E-state index >= 15 is 0 Å². The Morgan fingerprint density at radius 2 is 1.92 bits per heavy atom. The minimum atomic E-state index is -0.208. The van der Waals surface area contributed by atoms with Crippen molar-refractivity contribution in [1.82, 2.24) is 0 Å². The lowest BCUT2D eigenvalue weighted by molar-refractivity contribution is -0.141. The largest absolute Gasteiger partial charge is 0.374 e. The highest BCUT2D eigenvalue weighted by Crippen LogP contribution is 2.65. The molecule has 4 heteroatoms. The molecule has 0 aromatic heterocycles. The van der Waals surface area contributed by atoms with E-state index in [9.17, 15) is 4.79 Å². The van der Waals surface area contributed by atoms with Crippen LogP contribution in [0.2, 0.25) is 0 Å². The topological polar surface area (TPSA) is 52.3 Å². The maximum atomic E-state index is 11.9. The van der Waals surface area contributed by atoms with Crippen molar-refractivity contribution in [1.29, 1.82) is 0 Å². The van der Waals surface area contributed by atoms with Crippen LogP contribution in [-0.2, 0) is 9.53 Å². The van der Waals surface area contributed by atoms with Gasteiger partial charge >= 0.3 is 0 Å². The molecule has 3 saturated carbocycles. The monoisotopic (exact) mass is 457 g/mol. The summed E-state index contributed by atoms with van der Waals surface area (Å²) >= 11 is 2.41. The zero-order valence-electron chi connectivity index (χ0n) is 15.7. The number of nitrogens with two attached hydrogens (primary N) is 1. The van der Waals surface area contributed by atoms with Crippen LogP contribution in [0.25, 0.3) is 0 Å². The molecule has 140 valence electrons. The summed E-state index contributed by atoms with van der Waals surface area (Å²) in [6, 6.07) is 0. The van der Waals surface area contributed by atoms with Gasteiger partial charge in [-0.3, -0.25) is 4.79 Å². The molecular formula is C21H32INO2. The summed E-state index contributed by atoms with van der Waals surface area (Å²) in [6.45, 7) is 5.72. The highest BCUT2D eigenvalue weighted by molar-refractivity contribution is 14.1. The van der Waals surface area contributed by atoms with Gasteiger partial charge in [0.25, 0.3) is 0 Å². The predicted octanol–water partition coefficient (Wildman–Crippen LogP) is 4.42. The van der Waals surface area contributed by atoms with E-state index in [0.717, 1.165) is 29.8 Å². The summed E-state index contributed by atoms with van der Waals surface area (Å²) < 4.78 is 7.51. The van der Waals surface area contributed by atoms with Crippen LogP contribution in [0, 0.1) is 23.2 Å². The Morgan fingerprint density at radius 3 is 2.68 bits per heavy atom. The average Bonchev–Trinajstić information content (AvgIpc) is 2.85. The second-order valence-electron chi connectivity index (χ2n) is 9.35. The third-order valence-corrected chi connectivity index (χ3v) is 9.03. The fourth-order valence-corrected chi connectivity index (χ4v) is 7.22. The normalized spacial score (nSPS) is 49.2. The Kier molecular flexibility index (Phi) is 4.64. The lowest BCUT2D eigenvalue weighted by Crippen LogP contribution is -2.61. The first-order valence-corrected chi connectivity index (χ1v) is 11.6. The molecule has 0 heterocycles. The van der Waals surface area contributed by atoms with Crippen LogP contribution in [-0.4, -0.2) is 28.0 Å². The van der Waals surface area contributed by atoms with Gasteiger partial charge < -0.3 is 10.5 Å². The Balaban J connectivity index is 1.62. The van der Waals surface area contributed by atoms with E-state index in [-0.39, 0.29) is 22.3 Å². The molecule has 0 saturated heterocycles. The van der Waals surface area contributed by atoms with E-state index < -0.39 is 0 Å². The standard InChI is InChI=1S/C21H32INO2/c1-19-8-6-18-16(17(19)7-9-20(19,2)25-12-11-22)4-3-14-13-15(24)5-10-21(14,18)23/h13,16-18H,3-12,23H2,1-2H3/t16?,17?,18?,19?,20?,21-/m1/s1. The minimum absolute atomic E-state index is 0.0220. The molecule has 3 nitrogen and oxygen atoms in total. The smallest absolute Gasteiger partial charge is 0.155 e. The lowest BCUT2D eigenvalue weighted by atomic mass is 9.48. The van der Waals surface area contributed by atoms with E-state index in [0.29, 0.717) is 18.3 Å². The Bertz CT molecular complexity index is 605. The first-order chi connectivity index (χ1) is 11.8. The predicted molar refractivity (Wildman–Crippen MR) is 109 cm³/mol. The van der Waals surface area contributed by atoms with E-state index in [1.54, 1.807) is 0 Å². The van der Waals surface area contributed by atoms with Gasteiger partial charge in [-0.05, 0) is 86.7 Å². The Labute approximate surface area is 165 Å². The zero-order chi connectivity index (χ0) is 17.9. The summed E-state index contributed by atoms with van der Waals surface area (Å²) in [5, 5.41) is 0. The first-order valence-electron chi connectivity index (χ1n) is 10.1. The molecule has 0 spiro atoms. The quantitative estimate of drug-likeness (QED) is 0.504. The van der Waals surface area contributed by atoms with Gasteiger partial charge in [0.15, 0.2) is 5.78 Å². The van der Waals surface area contributed by atoms with Crippen molar-refractivity contribution in [3.8, 4) is 0 Å².